The van der Waals surface area contributed by atoms with Gasteiger partial charge < -0.3 is 24.0 Å². The fraction of sp³-hybridized carbons (Fsp3) is 0.379. The van der Waals surface area contributed by atoms with Crippen LogP contribution in [0.25, 0.3) is 0 Å². The number of nitrogens with zero attached hydrogens (tertiary/aromatic N) is 2. The Labute approximate surface area is 227 Å². The summed E-state index contributed by atoms with van der Waals surface area (Å²) >= 11 is 1.57. The number of carbonyl (C=O) groups excluding carboxylic acids is 2. The minimum atomic E-state index is -0.608. The van der Waals surface area contributed by atoms with E-state index in [1.807, 2.05) is 42.6 Å². The molecule has 0 saturated heterocycles. The van der Waals surface area contributed by atoms with Crippen LogP contribution in [0, 0.1) is 5.82 Å². The molecule has 7 nitrogen and oxygen atoms in total. The van der Waals surface area contributed by atoms with Crippen molar-refractivity contribution in [2.45, 2.75) is 26.3 Å². The molecule has 9 heteroatoms. The third-order valence-corrected chi connectivity index (χ3v) is 6.90. The van der Waals surface area contributed by atoms with E-state index in [1.165, 1.54) is 23.1 Å². The highest BCUT2D eigenvalue weighted by atomic mass is 32.1. The van der Waals surface area contributed by atoms with Gasteiger partial charge in [0.15, 0.2) is 11.5 Å². The number of ether oxygens (including phenoxy) is 3. The Morgan fingerprint density at radius 2 is 1.74 bits per heavy atom. The Morgan fingerprint density at radius 3 is 2.42 bits per heavy atom. The number of carbonyl (C=O) groups is 2. The molecule has 0 saturated carbocycles. The van der Waals surface area contributed by atoms with Gasteiger partial charge >= 0.3 is 0 Å². The molecule has 0 spiro atoms. The number of methoxy groups -OCH3 is 2. The Bertz CT molecular complexity index is 1170. The highest BCUT2D eigenvalue weighted by molar-refractivity contribution is 7.09. The first-order chi connectivity index (χ1) is 18.5. The molecule has 0 aliphatic carbocycles. The SMILES string of the molecule is CCOCCCN(CC(=O)N(CCc1ccc(OC)c(OC)c1)Cc1cccs1)C(=O)c1ccccc1F. The maximum Gasteiger partial charge on any atom is 0.257 e. The maximum absolute atomic E-state index is 14.4. The van der Waals surface area contributed by atoms with E-state index in [0.717, 1.165) is 10.4 Å². The van der Waals surface area contributed by atoms with Gasteiger partial charge in [0.1, 0.15) is 12.4 Å². The standard InChI is InChI=1S/C29H35FN2O5S/c1-4-37-17-8-15-32(29(34)24-10-5-6-11-25(24)30)21-28(33)31(20-23-9-7-18-38-23)16-14-22-12-13-26(35-2)27(19-22)36-3/h5-7,9-13,18-19H,4,8,14-17,20-21H2,1-3H3. The van der Waals surface area contributed by atoms with Crippen LogP contribution < -0.4 is 9.47 Å². The van der Waals surface area contributed by atoms with Crippen LogP contribution in [0.15, 0.2) is 60.0 Å². The topological polar surface area (TPSA) is 68.3 Å². The van der Waals surface area contributed by atoms with Gasteiger partial charge in [0.2, 0.25) is 5.91 Å². The van der Waals surface area contributed by atoms with E-state index < -0.39 is 11.7 Å². The molecule has 0 N–H and O–H groups in total. The third kappa shape index (κ3) is 8.29. The van der Waals surface area contributed by atoms with E-state index in [9.17, 15) is 14.0 Å². The van der Waals surface area contributed by atoms with Crippen LogP contribution in [0.2, 0.25) is 0 Å². The number of halogens is 1. The Balaban J connectivity index is 1.78. The molecule has 3 aromatic rings. The van der Waals surface area contributed by atoms with Crippen LogP contribution in [0.3, 0.4) is 0 Å². The summed E-state index contributed by atoms with van der Waals surface area (Å²) in [7, 11) is 3.17. The molecule has 0 unspecified atom stereocenters. The summed E-state index contributed by atoms with van der Waals surface area (Å²) in [5.74, 6) is -0.0678. The van der Waals surface area contributed by atoms with Crippen molar-refractivity contribution in [3.63, 3.8) is 0 Å². The van der Waals surface area contributed by atoms with Crippen molar-refractivity contribution in [3.05, 3.63) is 81.8 Å². The molecule has 1 aromatic heterocycles. The Hall–Kier alpha value is -3.43. The van der Waals surface area contributed by atoms with Crippen molar-refractivity contribution in [1.29, 1.82) is 0 Å². The quantitative estimate of drug-likeness (QED) is 0.252. The number of amides is 2. The average molecular weight is 543 g/mol. The molecule has 0 aliphatic rings. The molecule has 3 rings (SSSR count). The Kier molecular flexibility index (Phi) is 11.6. The van der Waals surface area contributed by atoms with E-state index >= 15 is 0 Å². The molecule has 1 heterocycles. The second-order valence-electron chi connectivity index (χ2n) is 8.59. The fourth-order valence-corrected chi connectivity index (χ4v) is 4.72. The first-order valence-corrected chi connectivity index (χ1v) is 13.5. The van der Waals surface area contributed by atoms with Crippen LogP contribution in [0.1, 0.15) is 34.1 Å². The lowest BCUT2D eigenvalue weighted by atomic mass is 10.1. The molecule has 2 aromatic carbocycles. The van der Waals surface area contributed by atoms with Gasteiger partial charge in [-0.05, 0) is 61.0 Å². The molecule has 0 bridgehead atoms. The molecule has 2 amide bonds. The molecule has 0 atom stereocenters. The van der Waals surface area contributed by atoms with Crippen molar-refractivity contribution in [1.82, 2.24) is 9.80 Å². The zero-order valence-electron chi connectivity index (χ0n) is 22.2. The smallest absolute Gasteiger partial charge is 0.257 e. The van der Waals surface area contributed by atoms with Crippen molar-refractivity contribution in [3.8, 4) is 11.5 Å². The van der Waals surface area contributed by atoms with Crippen LogP contribution in [-0.4, -0.2) is 68.7 Å². The van der Waals surface area contributed by atoms with E-state index in [4.69, 9.17) is 14.2 Å². The molecule has 38 heavy (non-hydrogen) atoms. The van der Waals surface area contributed by atoms with Gasteiger partial charge in [-0.2, -0.15) is 0 Å². The van der Waals surface area contributed by atoms with E-state index in [2.05, 4.69) is 0 Å². The third-order valence-electron chi connectivity index (χ3n) is 6.04. The van der Waals surface area contributed by atoms with Crippen molar-refractivity contribution in [2.75, 3.05) is 47.1 Å². The number of thiophene rings is 1. The number of benzene rings is 2. The van der Waals surface area contributed by atoms with Crippen LogP contribution in [-0.2, 0) is 22.5 Å². The van der Waals surface area contributed by atoms with Gasteiger partial charge in [0, 0.05) is 31.2 Å². The van der Waals surface area contributed by atoms with Crippen LogP contribution in [0.4, 0.5) is 4.39 Å². The number of hydrogen-bond donors (Lipinski definition) is 0. The van der Waals surface area contributed by atoms with Gasteiger partial charge in [-0.25, -0.2) is 4.39 Å². The monoisotopic (exact) mass is 542 g/mol. The summed E-state index contributed by atoms with van der Waals surface area (Å²) in [6, 6.07) is 15.4. The normalized spacial score (nSPS) is 10.7. The first-order valence-electron chi connectivity index (χ1n) is 12.6. The lowest BCUT2D eigenvalue weighted by Gasteiger charge is -2.28. The minimum Gasteiger partial charge on any atom is -0.493 e. The number of rotatable bonds is 15. The second-order valence-corrected chi connectivity index (χ2v) is 9.62. The summed E-state index contributed by atoms with van der Waals surface area (Å²) in [5.41, 5.74) is 0.939. The minimum absolute atomic E-state index is 0.0492. The van der Waals surface area contributed by atoms with Gasteiger partial charge in [-0.1, -0.05) is 24.3 Å². The molecule has 0 aliphatic heterocycles. The van der Waals surface area contributed by atoms with Crippen LogP contribution in [0.5, 0.6) is 11.5 Å². The lowest BCUT2D eigenvalue weighted by molar-refractivity contribution is -0.132. The first kappa shape index (κ1) is 29.1. The molecule has 0 fully saturated rings. The van der Waals surface area contributed by atoms with Crippen LogP contribution >= 0.6 is 11.3 Å². The van der Waals surface area contributed by atoms with Gasteiger partial charge in [0.05, 0.1) is 26.3 Å². The second kappa shape index (κ2) is 15.1. The van der Waals surface area contributed by atoms with E-state index in [1.54, 1.807) is 36.5 Å². The largest absolute Gasteiger partial charge is 0.493 e. The van der Waals surface area contributed by atoms with E-state index in [-0.39, 0.29) is 24.6 Å². The average Bonchev–Trinajstić information content (AvgIpc) is 3.45. The molecular weight excluding hydrogens is 507 g/mol. The summed E-state index contributed by atoms with van der Waals surface area (Å²) in [4.78, 5) is 31.1. The highest BCUT2D eigenvalue weighted by Gasteiger charge is 2.24. The summed E-state index contributed by atoms with van der Waals surface area (Å²) in [6.45, 7) is 3.89. The fourth-order valence-electron chi connectivity index (χ4n) is 4.01. The summed E-state index contributed by atoms with van der Waals surface area (Å²) in [5, 5.41) is 1.97. The molecular formula is C29H35FN2O5S. The molecule has 0 radical (unpaired) electrons. The maximum atomic E-state index is 14.4. The number of hydrogen-bond acceptors (Lipinski definition) is 6. The van der Waals surface area contributed by atoms with Gasteiger partial charge in [0.25, 0.3) is 5.91 Å². The predicted molar refractivity (Wildman–Crippen MR) is 146 cm³/mol. The zero-order valence-corrected chi connectivity index (χ0v) is 23.0. The molecule has 204 valence electrons. The van der Waals surface area contributed by atoms with Crippen molar-refractivity contribution in [2.24, 2.45) is 0 Å². The van der Waals surface area contributed by atoms with Gasteiger partial charge in [-0.15, -0.1) is 11.3 Å². The lowest BCUT2D eigenvalue weighted by Crippen LogP contribution is -2.44. The van der Waals surface area contributed by atoms with E-state index in [0.29, 0.717) is 50.6 Å². The summed E-state index contributed by atoms with van der Waals surface area (Å²) < 4.78 is 30.6. The van der Waals surface area contributed by atoms with Crippen molar-refractivity contribution >= 4 is 23.2 Å². The highest BCUT2D eigenvalue weighted by Crippen LogP contribution is 2.28. The summed E-state index contributed by atoms with van der Waals surface area (Å²) in [6.07, 6.45) is 1.13. The predicted octanol–water partition coefficient (Wildman–Crippen LogP) is 5.04. The van der Waals surface area contributed by atoms with Gasteiger partial charge in [-0.3, -0.25) is 9.59 Å². The Morgan fingerprint density at radius 1 is 0.947 bits per heavy atom. The van der Waals surface area contributed by atoms with Crippen molar-refractivity contribution < 1.29 is 28.2 Å². The zero-order chi connectivity index (χ0) is 27.3.